The summed E-state index contributed by atoms with van der Waals surface area (Å²) in [4.78, 5) is -0.492. The van der Waals surface area contributed by atoms with Gasteiger partial charge in [0.1, 0.15) is 0 Å². The third-order valence-electron chi connectivity index (χ3n) is 3.43. The van der Waals surface area contributed by atoms with E-state index < -0.39 is 44.1 Å². The Hall–Kier alpha value is -1.65. The second kappa shape index (κ2) is 7.06. The van der Waals surface area contributed by atoms with Crippen molar-refractivity contribution in [2.45, 2.75) is 17.2 Å². The van der Waals surface area contributed by atoms with Crippen LogP contribution in [0, 0.1) is 0 Å². The summed E-state index contributed by atoms with van der Waals surface area (Å²) < 4.78 is 103. The molecule has 0 spiro atoms. The van der Waals surface area contributed by atoms with Crippen LogP contribution in [0.5, 0.6) is 0 Å². The number of alkyl halides is 6. The fraction of sp³-hybridized carbons (Fsp3) is 0.200. The van der Waals surface area contributed by atoms with E-state index in [1.165, 1.54) is 6.07 Å². The Kier molecular flexibility index (Phi) is 5.66. The smallest absolute Gasteiger partial charge is 0.269 e. The first kappa shape index (κ1) is 21.6. The van der Waals surface area contributed by atoms with Gasteiger partial charge in [-0.1, -0.05) is 23.2 Å². The van der Waals surface area contributed by atoms with Gasteiger partial charge in [0.25, 0.3) is 10.0 Å². The van der Waals surface area contributed by atoms with Crippen LogP contribution in [0.4, 0.5) is 32.0 Å². The highest BCUT2D eigenvalue weighted by molar-refractivity contribution is 7.92. The molecule has 0 atom stereocenters. The van der Waals surface area contributed by atoms with E-state index in [0.717, 1.165) is 19.2 Å². The fourth-order valence-electron chi connectivity index (χ4n) is 2.09. The number of nitrogens with zero attached hydrogens (tertiary/aromatic N) is 1. The minimum atomic E-state index is -5.11. The molecule has 0 fully saturated rings. The number of anilines is 1. The first-order valence-electron chi connectivity index (χ1n) is 6.87. The van der Waals surface area contributed by atoms with Crippen molar-refractivity contribution < 1.29 is 34.8 Å². The predicted octanol–water partition coefficient (Wildman–Crippen LogP) is 5.86. The molecule has 2 rings (SSSR count). The summed E-state index contributed by atoms with van der Waals surface area (Å²) in [6.45, 7) is 0. The van der Waals surface area contributed by atoms with Gasteiger partial charge in [-0.15, -0.1) is 0 Å². The highest BCUT2D eigenvalue weighted by atomic mass is 35.5. The summed E-state index contributed by atoms with van der Waals surface area (Å²) in [5.41, 5.74) is -4.11. The topological polar surface area (TPSA) is 37.4 Å². The molecule has 0 aromatic heterocycles. The lowest BCUT2D eigenvalue weighted by molar-refractivity contribution is -0.143. The number of hydrogen-bond acceptors (Lipinski definition) is 2. The second-order valence-electron chi connectivity index (χ2n) is 5.34. The van der Waals surface area contributed by atoms with Crippen LogP contribution in [0.15, 0.2) is 41.3 Å². The van der Waals surface area contributed by atoms with E-state index in [1.54, 1.807) is 0 Å². The van der Waals surface area contributed by atoms with Gasteiger partial charge in [0.15, 0.2) is 0 Å². The highest BCUT2D eigenvalue weighted by Gasteiger charge is 2.38. The van der Waals surface area contributed by atoms with Gasteiger partial charge < -0.3 is 0 Å². The van der Waals surface area contributed by atoms with Gasteiger partial charge in [-0.05, 0) is 36.4 Å². The Morgan fingerprint density at radius 1 is 0.778 bits per heavy atom. The van der Waals surface area contributed by atoms with Crippen molar-refractivity contribution in [2.24, 2.45) is 0 Å². The number of sulfonamides is 1. The summed E-state index contributed by atoms with van der Waals surface area (Å²) in [6, 6.07) is 3.67. The molecule has 0 amide bonds. The standard InChI is InChI=1S/C15H9Cl2F6NO2S/c1-24(27(25,26)13-6-10(16)5-11(17)7-13)12-3-8(14(18,19)20)2-9(4-12)15(21,22)23/h2-7H,1H3. The Bertz CT molecular complexity index is 921. The van der Waals surface area contributed by atoms with Crippen LogP contribution in [0.3, 0.4) is 0 Å². The molecule has 0 aliphatic carbocycles. The van der Waals surface area contributed by atoms with E-state index in [-0.39, 0.29) is 16.1 Å². The lowest BCUT2D eigenvalue weighted by Gasteiger charge is -2.22. The van der Waals surface area contributed by atoms with E-state index in [9.17, 15) is 34.8 Å². The molecule has 0 saturated heterocycles. The summed E-state index contributed by atoms with van der Waals surface area (Å²) in [5.74, 6) is 0. The second-order valence-corrected chi connectivity index (χ2v) is 8.18. The Morgan fingerprint density at radius 2 is 1.19 bits per heavy atom. The average Bonchev–Trinajstić information content (AvgIpc) is 2.51. The van der Waals surface area contributed by atoms with Crippen molar-refractivity contribution >= 4 is 38.9 Å². The molecule has 0 saturated carbocycles. The molecule has 27 heavy (non-hydrogen) atoms. The zero-order valence-corrected chi connectivity index (χ0v) is 15.5. The van der Waals surface area contributed by atoms with Gasteiger partial charge in [0.2, 0.25) is 0 Å². The molecule has 0 bridgehead atoms. The quantitative estimate of drug-likeness (QED) is 0.548. The average molecular weight is 452 g/mol. The van der Waals surface area contributed by atoms with Crippen molar-refractivity contribution in [3.8, 4) is 0 Å². The molecule has 2 aromatic rings. The highest BCUT2D eigenvalue weighted by Crippen LogP contribution is 2.39. The zero-order valence-electron chi connectivity index (χ0n) is 13.2. The summed E-state index contributed by atoms with van der Waals surface area (Å²) in [5, 5.41) is -0.149. The van der Waals surface area contributed by atoms with E-state index in [0.29, 0.717) is 16.4 Å². The molecule has 12 heteroatoms. The molecule has 0 heterocycles. The molecule has 0 aliphatic rings. The third kappa shape index (κ3) is 4.80. The summed E-state index contributed by atoms with van der Waals surface area (Å²) >= 11 is 11.4. The van der Waals surface area contributed by atoms with Crippen molar-refractivity contribution in [1.82, 2.24) is 0 Å². The van der Waals surface area contributed by atoms with Gasteiger partial charge in [0.05, 0.1) is 21.7 Å². The van der Waals surface area contributed by atoms with E-state index >= 15 is 0 Å². The number of benzene rings is 2. The van der Waals surface area contributed by atoms with Crippen LogP contribution in [0.1, 0.15) is 11.1 Å². The van der Waals surface area contributed by atoms with Crippen molar-refractivity contribution in [1.29, 1.82) is 0 Å². The van der Waals surface area contributed by atoms with Crippen LogP contribution >= 0.6 is 23.2 Å². The molecule has 0 unspecified atom stereocenters. The van der Waals surface area contributed by atoms with Gasteiger partial charge in [-0.25, -0.2) is 8.42 Å². The Balaban J connectivity index is 2.65. The molecular weight excluding hydrogens is 443 g/mol. The van der Waals surface area contributed by atoms with Crippen LogP contribution in [0.25, 0.3) is 0 Å². The Morgan fingerprint density at radius 3 is 1.56 bits per heavy atom. The SMILES string of the molecule is CN(c1cc(C(F)(F)F)cc(C(F)(F)F)c1)S(=O)(=O)c1cc(Cl)cc(Cl)c1. The largest absolute Gasteiger partial charge is 0.416 e. The maximum Gasteiger partial charge on any atom is 0.416 e. The minimum Gasteiger partial charge on any atom is -0.269 e. The maximum absolute atomic E-state index is 13.0. The van der Waals surface area contributed by atoms with E-state index in [4.69, 9.17) is 23.2 Å². The molecule has 0 radical (unpaired) electrons. The molecule has 0 N–H and O–H groups in total. The maximum atomic E-state index is 13.0. The summed E-state index contributed by atoms with van der Waals surface area (Å²) in [6.07, 6.45) is -10.2. The molecule has 2 aromatic carbocycles. The lowest BCUT2D eigenvalue weighted by Crippen LogP contribution is -2.27. The minimum absolute atomic E-state index is 0.0745. The van der Waals surface area contributed by atoms with E-state index in [2.05, 4.69) is 0 Å². The molecular formula is C15H9Cl2F6NO2S. The van der Waals surface area contributed by atoms with Crippen LogP contribution in [0.2, 0.25) is 10.0 Å². The van der Waals surface area contributed by atoms with Crippen LogP contribution in [-0.4, -0.2) is 15.5 Å². The fourth-order valence-corrected chi connectivity index (χ4v) is 4.00. The van der Waals surface area contributed by atoms with Crippen molar-refractivity contribution in [3.05, 3.63) is 57.6 Å². The number of rotatable bonds is 3. The van der Waals surface area contributed by atoms with Crippen molar-refractivity contribution in [3.63, 3.8) is 0 Å². The van der Waals surface area contributed by atoms with E-state index in [1.807, 2.05) is 0 Å². The molecule has 3 nitrogen and oxygen atoms in total. The zero-order chi connectivity index (χ0) is 20.8. The van der Waals surface area contributed by atoms with Gasteiger partial charge in [0, 0.05) is 17.1 Å². The predicted molar refractivity (Wildman–Crippen MR) is 88.5 cm³/mol. The molecule has 148 valence electrons. The first-order valence-corrected chi connectivity index (χ1v) is 9.06. The molecule has 0 aliphatic heterocycles. The van der Waals surface area contributed by atoms with Crippen LogP contribution < -0.4 is 4.31 Å². The summed E-state index contributed by atoms with van der Waals surface area (Å²) in [7, 11) is -3.71. The normalized spacial score (nSPS) is 12.9. The van der Waals surface area contributed by atoms with Gasteiger partial charge in [-0.3, -0.25) is 4.31 Å². The monoisotopic (exact) mass is 451 g/mol. The van der Waals surface area contributed by atoms with Gasteiger partial charge >= 0.3 is 12.4 Å². The Labute approximate surface area is 160 Å². The number of halogens is 8. The van der Waals surface area contributed by atoms with Crippen LogP contribution in [-0.2, 0) is 22.4 Å². The van der Waals surface area contributed by atoms with Gasteiger partial charge in [-0.2, -0.15) is 26.3 Å². The lowest BCUT2D eigenvalue weighted by atomic mass is 10.1. The first-order chi connectivity index (χ1) is 12.1. The number of hydrogen-bond donors (Lipinski definition) is 0. The third-order valence-corrected chi connectivity index (χ3v) is 5.63. The van der Waals surface area contributed by atoms with Crippen molar-refractivity contribution in [2.75, 3.05) is 11.4 Å².